The molecular weight excluding hydrogens is 456 g/mol. The molecule has 3 aromatic rings. The molecule has 1 N–H and O–H groups in total. The Morgan fingerprint density at radius 3 is 2.00 bits per heavy atom. The SMILES string of the molecule is COC(=O)Cc1ccc(-c2ccc(OCc3ccc(C(C)C)c(O)c3C(=O)OC(C)(C)C)cc2)cc1. The Morgan fingerprint density at radius 2 is 1.47 bits per heavy atom. The van der Waals surface area contributed by atoms with Gasteiger partial charge in [-0.2, -0.15) is 0 Å². The number of esters is 2. The Bertz CT molecular complexity index is 1200. The van der Waals surface area contributed by atoms with E-state index < -0.39 is 11.6 Å². The molecule has 0 unspecified atom stereocenters. The lowest BCUT2D eigenvalue weighted by atomic mass is 9.95. The molecule has 0 aromatic heterocycles. The van der Waals surface area contributed by atoms with E-state index in [1.54, 1.807) is 26.8 Å². The third-order valence-corrected chi connectivity index (χ3v) is 5.63. The topological polar surface area (TPSA) is 82.1 Å². The van der Waals surface area contributed by atoms with Crippen molar-refractivity contribution < 1.29 is 28.9 Å². The summed E-state index contributed by atoms with van der Waals surface area (Å²) in [6.07, 6.45) is 0.239. The van der Waals surface area contributed by atoms with Crippen molar-refractivity contribution in [3.63, 3.8) is 0 Å². The summed E-state index contributed by atoms with van der Waals surface area (Å²) < 4.78 is 16.2. The zero-order valence-corrected chi connectivity index (χ0v) is 21.8. The Hall–Kier alpha value is -3.80. The van der Waals surface area contributed by atoms with Gasteiger partial charge in [0.1, 0.15) is 29.3 Å². The largest absolute Gasteiger partial charge is 0.507 e. The first-order valence-electron chi connectivity index (χ1n) is 12.0. The normalized spacial score (nSPS) is 11.3. The molecular formula is C30H34O6. The fraction of sp³-hybridized carbons (Fsp3) is 0.333. The number of benzene rings is 3. The molecule has 0 aliphatic carbocycles. The first kappa shape index (κ1) is 26.8. The molecule has 0 radical (unpaired) electrons. The van der Waals surface area contributed by atoms with Gasteiger partial charge in [0.05, 0.1) is 13.5 Å². The molecule has 3 rings (SSSR count). The summed E-state index contributed by atoms with van der Waals surface area (Å²) in [6.45, 7) is 9.38. The van der Waals surface area contributed by atoms with Gasteiger partial charge in [0.25, 0.3) is 0 Å². The Morgan fingerprint density at radius 1 is 0.889 bits per heavy atom. The van der Waals surface area contributed by atoms with Gasteiger partial charge in [-0.15, -0.1) is 0 Å². The number of carbonyl (C=O) groups is 2. The summed E-state index contributed by atoms with van der Waals surface area (Å²) in [5.41, 5.74) is 3.58. The molecule has 0 amide bonds. The molecule has 0 saturated carbocycles. The highest BCUT2D eigenvalue weighted by Crippen LogP contribution is 2.33. The van der Waals surface area contributed by atoms with Crippen LogP contribution in [0, 0.1) is 0 Å². The minimum absolute atomic E-state index is 0.0447. The molecule has 0 aliphatic heterocycles. The average molecular weight is 491 g/mol. The minimum Gasteiger partial charge on any atom is -0.507 e. The van der Waals surface area contributed by atoms with Crippen LogP contribution < -0.4 is 4.74 Å². The molecule has 0 bridgehead atoms. The summed E-state index contributed by atoms with van der Waals surface area (Å²) >= 11 is 0. The van der Waals surface area contributed by atoms with E-state index in [9.17, 15) is 14.7 Å². The van der Waals surface area contributed by atoms with E-state index in [0.29, 0.717) is 16.9 Å². The maximum atomic E-state index is 12.9. The lowest BCUT2D eigenvalue weighted by Gasteiger charge is -2.22. The molecule has 0 saturated heterocycles. The van der Waals surface area contributed by atoms with Crippen LogP contribution in [0.15, 0.2) is 60.7 Å². The van der Waals surface area contributed by atoms with Gasteiger partial charge >= 0.3 is 11.9 Å². The highest BCUT2D eigenvalue weighted by Gasteiger charge is 2.26. The maximum absolute atomic E-state index is 12.9. The van der Waals surface area contributed by atoms with Gasteiger partial charge in [-0.25, -0.2) is 4.79 Å². The van der Waals surface area contributed by atoms with Crippen molar-refractivity contribution in [1.82, 2.24) is 0 Å². The van der Waals surface area contributed by atoms with Crippen LogP contribution in [0.25, 0.3) is 11.1 Å². The molecule has 0 heterocycles. The fourth-order valence-electron chi connectivity index (χ4n) is 3.75. The highest BCUT2D eigenvalue weighted by atomic mass is 16.6. The smallest absolute Gasteiger partial charge is 0.342 e. The molecule has 36 heavy (non-hydrogen) atoms. The number of hydrogen-bond acceptors (Lipinski definition) is 6. The number of hydrogen-bond donors (Lipinski definition) is 1. The maximum Gasteiger partial charge on any atom is 0.342 e. The van der Waals surface area contributed by atoms with Crippen molar-refractivity contribution in [3.8, 4) is 22.6 Å². The van der Waals surface area contributed by atoms with Gasteiger partial charge in [-0.1, -0.05) is 62.4 Å². The predicted molar refractivity (Wildman–Crippen MR) is 139 cm³/mol. The van der Waals surface area contributed by atoms with Crippen LogP contribution in [0.5, 0.6) is 11.5 Å². The Balaban J connectivity index is 1.76. The fourth-order valence-corrected chi connectivity index (χ4v) is 3.75. The second-order valence-corrected chi connectivity index (χ2v) is 9.96. The lowest BCUT2D eigenvalue weighted by Crippen LogP contribution is -2.25. The van der Waals surface area contributed by atoms with Gasteiger partial charge in [0, 0.05) is 5.56 Å². The second kappa shape index (κ2) is 11.3. The zero-order valence-electron chi connectivity index (χ0n) is 21.8. The van der Waals surface area contributed by atoms with Crippen LogP contribution in [0.2, 0.25) is 0 Å². The lowest BCUT2D eigenvalue weighted by molar-refractivity contribution is -0.139. The van der Waals surface area contributed by atoms with Gasteiger partial charge < -0.3 is 19.3 Å². The van der Waals surface area contributed by atoms with Crippen molar-refractivity contribution >= 4 is 11.9 Å². The van der Waals surface area contributed by atoms with E-state index in [-0.39, 0.29) is 36.2 Å². The van der Waals surface area contributed by atoms with Gasteiger partial charge in [-0.3, -0.25) is 4.79 Å². The van der Waals surface area contributed by atoms with Crippen molar-refractivity contribution in [3.05, 3.63) is 82.9 Å². The van der Waals surface area contributed by atoms with Crippen LogP contribution in [-0.4, -0.2) is 29.8 Å². The van der Waals surface area contributed by atoms with Crippen LogP contribution in [-0.2, 0) is 27.3 Å². The molecule has 0 spiro atoms. The van der Waals surface area contributed by atoms with E-state index in [0.717, 1.165) is 16.7 Å². The van der Waals surface area contributed by atoms with E-state index in [2.05, 4.69) is 0 Å². The number of aromatic hydroxyl groups is 1. The van der Waals surface area contributed by atoms with Crippen LogP contribution in [0.4, 0.5) is 0 Å². The third-order valence-electron chi connectivity index (χ3n) is 5.63. The van der Waals surface area contributed by atoms with Crippen molar-refractivity contribution in [2.75, 3.05) is 7.11 Å². The first-order valence-corrected chi connectivity index (χ1v) is 12.0. The number of phenols is 1. The van der Waals surface area contributed by atoms with Gasteiger partial charge in [-0.05, 0) is 61.1 Å². The summed E-state index contributed by atoms with van der Waals surface area (Å²) in [7, 11) is 1.38. The number of ether oxygens (including phenoxy) is 3. The van der Waals surface area contributed by atoms with E-state index >= 15 is 0 Å². The van der Waals surface area contributed by atoms with Crippen LogP contribution in [0.1, 0.15) is 67.6 Å². The van der Waals surface area contributed by atoms with E-state index in [1.165, 1.54) is 7.11 Å². The summed E-state index contributed by atoms with van der Waals surface area (Å²) in [5, 5.41) is 10.9. The number of rotatable bonds is 8. The summed E-state index contributed by atoms with van der Waals surface area (Å²) in [6, 6.07) is 18.9. The van der Waals surface area contributed by atoms with Crippen molar-refractivity contribution in [1.29, 1.82) is 0 Å². The molecule has 0 aliphatic rings. The molecule has 3 aromatic carbocycles. The molecule has 0 fully saturated rings. The molecule has 0 atom stereocenters. The zero-order chi connectivity index (χ0) is 26.5. The average Bonchev–Trinajstić information content (AvgIpc) is 2.82. The molecule has 190 valence electrons. The van der Waals surface area contributed by atoms with Crippen molar-refractivity contribution in [2.45, 2.75) is 59.2 Å². The Labute approximate surface area is 212 Å². The van der Waals surface area contributed by atoms with Gasteiger partial charge in [0.15, 0.2) is 0 Å². The summed E-state index contributed by atoms with van der Waals surface area (Å²) in [5.74, 6) is -0.239. The standard InChI is InChI=1S/C30H34O6/c1-19(2)25-16-13-23(27(28(25)32)29(33)36-30(3,4)5)18-35-24-14-11-22(12-15-24)21-9-7-20(8-10-21)17-26(31)34-6/h7-16,19,32H,17-18H2,1-6H3. The summed E-state index contributed by atoms with van der Waals surface area (Å²) in [4.78, 5) is 24.4. The second-order valence-electron chi connectivity index (χ2n) is 9.96. The van der Waals surface area contributed by atoms with Crippen LogP contribution in [0.3, 0.4) is 0 Å². The van der Waals surface area contributed by atoms with E-state index in [1.807, 2.05) is 68.4 Å². The van der Waals surface area contributed by atoms with E-state index in [4.69, 9.17) is 14.2 Å². The Kier molecular flexibility index (Phi) is 8.41. The highest BCUT2D eigenvalue weighted by molar-refractivity contribution is 5.95. The number of methoxy groups -OCH3 is 1. The predicted octanol–water partition coefficient (Wildman–Crippen LogP) is 6.43. The van der Waals surface area contributed by atoms with Crippen molar-refractivity contribution in [2.24, 2.45) is 0 Å². The third kappa shape index (κ3) is 6.87. The minimum atomic E-state index is -0.692. The molecule has 6 nitrogen and oxygen atoms in total. The number of phenolic OH excluding ortho intramolecular Hbond substituents is 1. The van der Waals surface area contributed by atoms with Crippen LogP contribution >= 0.6 is 0 Å². The van der Waals surface area contributed by atoms with Gasteiger partial charge in [0.2, 0.25) is 0 Å². The first-order chi connectivity index (χ1) is 17.0. The number of carbonyl (C=O) groups excluding carboxylic acids is 2. The quantitative estimate of drug-likeness (QED) is 0.366. The molecule has 6 heteroatoms. The monoisotopic (exact) mass is 490 g/mol.